The van der Waals surface area contributed by atoms with Crippen molar-refractivity contribution in [2.75, 3.05) is 17.7 Å². The summed E-state index contributed by atoms with van der Waals surface area (Å²) >= 11 is 0. The van der Waals surface area contributed by atoms with Crippen LogP contribution < -0.4 is 10.6 Å². The maximum absolute atomic E-state index is 12.7. The molecule has 0 saturated heterocycles. The molecule has 1 rings (SSSR count). The van der Waals surface area contributed by atoms with E-state index < -0.39 is 11.7 Å². The van der Waals surface area contributed by atoms with Crippen molar-refractivity contribution in [3.63, 3.8) is 0 Å². The van der Waals surface area contributed by atoms with Gasteiger partial charge in [-0.3, -0.25) is 0 Å². The quantitative estimate of drug-likeness (QED) is 0.853. The minimum Gasteiger partial charge on any atom is -0.373 e. The van der Waals surface area contributed by atoms with Gasteiger partial charge in [0.1, 0.15) is 11.6 Å². The average molecular weight is 275 g/mol. The molecule has 1 atom stereocenters. The number of anilines is 2. The Morgan fingerprint density at radius 2 is 1.74 bits per heavy atom. The summed E-state index contributed by atoms with van der Waals surface area (Å²) in [5.74, 6) is 0.915. The van der Waals surface area contributed by atoms with E-state index in [0.29, 0.717) is 5.92 Å². The molecule has 0 radical (unpaired) electrons. The second-order valence-corrected chi connectivity index (χ2v) is 5.05. The fourth-order valence-corrected chi connectivity index (χ4v) is 1.91. The smallest absolute Gasteiger partial charge is 0.373 e. The molecule has 0 aliphatic heterocycles. The minimum atomic E-state index is -4.37. The van der Waals surface area contributed by atoms with E-state index in [4.69, 9.17) is 0 Å². The average Bonchev–Trinajstić information content (AvgIpc) is 2.25. The molecule has 1 heterocycles. The molecule has 0 amide bonds. The number of rotatable bonds is 5. The minimum absolute atomic E-state index is 0.0701. The summed E-state index contributed by atoms with van der Waals surface area (Å²) in [6, 6.07) is 2.11. The third-order valence-corrected chi connectivity index (χ3v) is 2.63. The number of hydrogen-bond donors (Lipinski definition) is 2. The summed E-state index contributed by atoms with van der Waals surface area (Å²) in [5.41, 5.74) is -0.703. The van der Waals surface area contributed by atoms with Crippen LogP contribution in [0, 0.1) is 5.92 Å². The van der Waals surface area contributed by atoms with Gasteiger partial charge in [-0.2, -0.15) is 13.2 Å². The molecule has 0 aliphatic carbocycles. The second kappa shape index (κ2) is 6.12. The van der Waals surface area contributed by atoms with Gasteiger partial charge in [0.2, 0.25) is 0 Å². The normalized spacial score (nSPS) is 13.5. The molecule has 3 nitrogen and oxygen atoms in total. The van der Waals surface area contributed by atoms with E-state index in [0.717, 1.165) is 18.6 Å². The van der Waals surface area contributed by atoms with E-state index >= 15 is 0 Å². The van der Waals surface area contributed by atoms with Crippen LogP contribution >= 0.6 is 0 Å². The van der Waals surface area contributed by atoms with Gasteiger partial charge < -0.3 is 10.6 Å². The number of halogens is 3. The fourth-order valence-electron chi connectivity index (χ4n) is 1.91. The van der Waals surface area contributed by atoms with Crippen LogP contribution in [0.3, 0.4) is 0 Å². The van der Waals surface area contributed by atoms with Gasteiger partial charge in [-0.15, -0.1) is 0 Å². The molecule has 0 spiro atoms. The molecule has 1 unspecified atom stereocenters. The largest absolute Gasteiger partial charge is 0.416 e. The standard InChI is InChI=1S/C13H20F3N3/c1-8(2)5-9(3)18-12-7-10(13(14,15)16)6-11(17-4)19-12/h6-9H,5H2,1-4H3,(H2,17,18,19). The number of alkyl halides is 3. The number of pyridine rings is 1. The lowest BCUT2D eigenvalue weighted by Gasteiger charge is -2.18. The molecule has 2 N–H and O–H groups in total. The first-order valence-corrected chi connectivity index (χ1v) is 6.26. The van der Waals surface area contributed by atoms with Crippen molar-refractivity contribution in [1.82, 2.24) is 4.98 Å². The van der Waals surface area contributed by atoms with Crippen LogP contribution in [-0.4, -0.2) is 18.1 Å². The van der Waals surface area contributed by atoms with E-state index in [9.17, 15) is 13.2 Å². The van der Waals surface area contributed by atoms with Gasteiger partial charge in [-0.25, -0.2) is 4.98 Å². The Labute approximate surface area is 111 Å². The molecule has 0 aromatic carbocycles. The molecular formula is C13H20F3N3. The first-order valence-electron chi connectivity index (χ1n) is 6.26. The highest BCUT2D eigenvalue weighted by molar-refractivity contribution is 5.49. The molecule has 1 aromatic heterocycles. The monoisotopic (exact) mass is 275 g/mol. The topological polar surface area (TPSA) is 37.0 Å². The maximum Gasteiger partial charge on any atom is 0.416 e. The second-order valence-electron chi connectivity index (χ2n) is 5.05. The molecule has 108 valence electrons. The number of nitrogens with one attached hydrogen (secondary N) is 2. The molecular weight excluding hydrogens is 255 g/mol. The Morgan fingerprint density at radius 3 is 2.21 bits per heavy atom. The van der Waals surface area contributed by atoms with Crippen LogP contribution in [0.2, 0.25) is 0 Å². The fraction of sp³-hybridized carbons (Fsp3) is 0.615. The highest BCUT2D eigenvalue weighted by Gasteiger charge is 2.31. The van der Waals surface area contributed by atoms with Crippen molar-refractivity contribution in [3.8, 4) is 0 Å². The number of hydrogen-bond acceptors (Lipinski definition) is 3. The lowest BCUT2D eigenvalue weighted by molar-refractivity contribution is -0.137. The lowest BCUT2D eigenvalue weighted by atomic mass is 10.1. The summed E-state index contributed by atoms with van der Waals surface area (Å²) in [7, 11) is 1.55. The predicted octanol–water partition coefficient (Wildman–Crippen LogP) is 3.99. The molecule has 0 bridgehead atoms. The van der Waals surface area contributed by atoms with Gasteiger partial charge in [0.15, 0.2) is 0 Å². The Morgan fingerprint density at radius 1 is 1.16 bits per heavy atom. The van der Waals surface area contributed by atoms with Crippen molar-refractivity contribution in [2.45, 2.75) is 39.4 Å². The summed E-state index contributed by atoms with van der Waals surface area (Å²) in [5, 5.41) is 5.65. The van der Waals surface area contributed by atoms with E-state index in [1.807, 2.05) is 6.92 Å². The van der Waals surface area contributed by atoms with Gasteiger partial charge in [0.05, 0.1) is 5.56 Å². The maximum atomic E-state index is 12.7. The third-order valence-electron chi connectivity index (χ3n) is 2.63. The number of aromatic nitrogens is 1. The first kappa shape index (κ1) is 15.6. The van der Waals surface area contributed by atoms with Crippen LogP contribution in [0.25, 0.3) is 0 Å². The van der Waals surface area contributed by atoms with E-state index in [2.05, 4.69) is 29.5 Å². The number of nitrogens with zero attached hydrogens (tertiary/aromatic N) is 1. The third kappa shape index (κ3) is 4.96. The summed E-state index contributed by atoms with van der Waals surface area (Å²) in [6.07, 6.45) is -3.50. The van der Waals surface area contributed by atoms with Gasteiger partial charge in [0.25, 0.3) is 0 Å². The Balaban J connectivity index is 2.94. The molecule has 0 saturated carbocycles. The van der Waals surface area contributed by atoms with Crippen LogP contribution in [0.5, 0.6) is 0 Å². The highest BCUT2D eigenvalue weighted by Crippen LogP contribution is 2.32. The SMILES string of the molecule is CNc1cc(C(F)(F)F)cc(NC(C)CC(C)C)n1. The molecule has 1 aromatic rings. The van der Waals surface area contributed by atoms with Gasteiger partial charge in [-0.05, 0) is 31.4 Å². The lowest BCUT2D eigenvalue weighted by Crippen LogP contribution is -2.19. The van der Waals surface area contributed by atoms with Crippen LogP contribution in [-0.2, 0) is 6.18 Å². The van der Waals surface area contributed by atoms with E-state index in [1.165, 1.54) is 0 Å². The van der Waals surface area contributed by atoms with Crippen molar-refractivity contribution in [3.05, 3.63) is 17.7 Å². The van der Waals surface area contributed by atoms with Crippen molar-refractivity contribution in [2.24, 2.45) is 5.92 Å². The Bertz CT molecular complexity index is 416. The zero-order valence-electron chi connectivity index (χ0n) is 11.6. The van der Waals surface area contributed by atoms with Gasteiger partial charge >= 0.3 is 6.18 Å². The molecule has 6 heteroatoms. The molecule has 0 fully saturated rings. The zero-order valence-corrected chi connectivity index (χ0v) is 11.6. The summed E-state index contributed by atoms with van der Waals surface area (Å²) < 4.78 is 38.2. The van der Waals surface area contributed by atoms with Crippen molar-refractivity contribution < 1.29 is 13.2 Å². The zero-order chi connectivity index (χ0) is 14.6. The van der Waals surface area contributed by atoms with Crippen LogP contribution in [0.15, 0.2) is 12.1 Å². The van der Waals surface area contributed by atoms with Crippen molar-refractivity contribution >= 4 is 11.6 Å². The van der Waals surface area contributed by atoms with E-state index in [-0.39, 0.29) is 17.7 Å². The summed E-state index contributed by atoms with van der Waals surface area (Å²) in [6.45, 7) is 6.06. The Kier molecular flexibility index (Phi) is 5.03. The molecule has 0 aliphatic rings. The molecule has 19 heavy (non-hydrogen) atoms. The predicted molar refractivity (Wildman–Crippen MR) is 71.3 cm³/mol. The highest BCUT2D eigenvalue weighted by atomic mass is 19.4. The van der Waals surface area contributed by atoms with Crippen molar-refractivity contribution in [1.29, 1.82) is 0 Å². The summed E-state index contributed by atoms with van der Waals surface area (Å²) in [4.78, 5) is 4.09. The van der Waals surface area contributed by atoms with Gasteiger partial charge in [-0.1, -0.05) is 13.8 Å². The van der Waals surface area contributed by atoms with Crippen LogP contribution in [0.1, 0.15) is 32.8 Å². The van der Waals surface area contributed by atoms with Gasteiger partial charge in [0, 0.05) is 13.1 Å². The van der Waals surface area contributed by atoms with Crippen LogP contribution in [0.4, 0.5) is 24.8 Å². The first-order chi connectivity index (χ1) is 8.72. The Hall–Kier alpha value is -1.46. The van der Waals surface area contributed by atoms with E-state index in [1.54, 1.807) is 7.05 Å².